The van der Waals surface area contributed by atoms with Crippen LogP contribution in [0.4, 0.5) is 0 Å². The molecule has 3 nitrogen and oxygen atoms in total. The summed E-state index contributed by atoms with van der Waals surface area (Å²) in [5.41, 5.74) is 2.78. The maximum Gasteiger partial charge on any atom is 0.0946 e. The number of nitrogens with zero attached hydrogens (tertiary/aromatic N) is 2. The fraction of sp³-hybridized carbons (Fsp3) is 0.471. The highest BCUT2D eigenvalue weighted by molar-refractivity contribution is 9.10. The Morgan fingerprint density at radius 2 is 2.10 bits per heavy atom. The number of imidazole rings is 1. The van der Waals surface area contributed by atoms with Crippen LogP contribution in [0.1, 0.15) is 31.9 Å². The number of rotatable bonds is 5. The van der Waals surface area contributed by atoms with E-state index in [2.05, 4.69) is 76.7 Å². The number of nitrogens with one attached hydrogen (secondary N) is 1. The molecule has 0 aliphatic rings. The lowest BCUT2D eigenvalue weighted by atomic mass is 9.86. The SMILES string of the molecule is Cc1cc(CNC(Cn2ccnc2)C(C)(C)C)ccc1Br. The molecule has 1 unspecified atom stereocenters. The molecule has 2 aromatic rings. The van der Waals surface area contributed by atoms with Gasteiger partial charge in [0.25, 0.3) is 0 Å². The average Bonchev–Trinajstić information content (AvgIpc) is 2.90. The monoisotopic (exact) mass is 349 g/mol. The van der Waals surface area contributed by atoms with E-state index in [1.165, 1.54) is 11.1 Å². The van der Waals surface area contributed by atoms with Gasteiger partial charge in [0.1, 0.15) is 0 Å². The minimum Gasteiger partial charge on any atom is -0.336 e. The molecule has 0 aliphatic carbocycles. The molecule has 1 aromatic heterocycles. The highest BCUT2D eigenvalue weighted by Crippen LogP contribution is 2.22. The smallest absolute Gasteiger partial charge is 0.0946 e. The fourth-order valence-corrected chi connectivity index (χ4v) is 2.55. The third-order valence-electron chi connectivity index (χ3n) is 3.77. The van der Waals surface area contributed by atoms with Crippen LogP contribution >= 0.6 is 15.9 Å². The molecule has 0 spiro atoms. The van der Waals surface area contributed by atoms with Gasteiger partial charge in [-0.15, -0.1) is 0 Å². The molecule has 114 valence electrons. The van der Waals surface area contributed by atoms with Crippen LogP contribution in [0.5, 0.6) is 0 Å². The van der Waals surface area contributed by atoms with Crippen LogP contribution in [-0.4, -0.2) is 15.6 Å². The first kappa shape index (κ1) is 16.2. The maximum absolute atomic E-state index is 4.13. The molecule has 0 radical (unpaired) electrons. The summed E-state index contributed by atoms with van der Waals surface area (Å²) in [5.74, 6) is 0. The summed E-state index contributed by atoms with van der Waals surface area (Å²) >= 11 is 3.55. The molecule has 0 aliphatic heterocycles. The minimum atomic E-state index is 0.189. The summed E-state index contributed by atoms with van der Waals surface area (Å²) < 4.78 is 3.30. The van der Waals surface area contributed by atoms with Crippen LogP contribution in [0, 0.1) is 12.3 Å². The summed E-state index contributed by atoms with van der Waals surface area (Å²) in [6.07, 6.45) is 5.73. The van der Waals surface area contributed by atoms with Crippen LogP contribution in [0.3, 0.4) is 0 Å². The van der Waals surface area contributed by atoms with Crippen molar-refractivity contribution in [3.63, 3.8) is 0 Å². The zero-order chi connectivity index (χ0) is 15.5. The predicted molar refractivity (Wildman–Crippen MR) is 91.2 cm³/mol. The fourth-order valence-electron chi connectivity index (χ4n) is 2.31. The normalized spacial score (nSPS) is 13.4. The second-order valence-corrected chi connectivity index (χ2v) is 7.50. The van der Waals surface area contributed by atoms with E-state index in [0.29, 0.717) is 6.04 Å². The summed E-state index contributed by atoms with van der Waals surface area (Å²) in [6, 6.07) is 6.90. The summed E-state index contributed by atoms with van der Waals surface area (Å²) in [4.78, 5) is 4.13. The maximum atomic E-state index is 4.13. The topological polar surface area (TPSA) is 29.9 Å². The van der Waals surface area contributed by atoms with Gasteiger partial charge in [-0.2, -0.15) is 0 Å². The van der Waals surface area contributed by atoms with Crippen molar-refractivity contribution in [1.29, 1.82) is 0 Å². The first-order chi connectivity index (χ1) is 9.86. The van der Waals surface area contributed by atoms with E-state index in [1.54, 1.807) is 0 Å². The lowest BCUT2D eigenvalue weighted by Gasteiger charge is -2.32. The molecule has 0 amide bonds. The molecular weight excluding hydrogens is 326 g/mol. The molecular formula is C17H24BrN3. The van der Waals surface area contributed by atoms with E-state index in [-0.39, 0.29) is 5.41 Å². The average molecular weight is 350 g/mol. The Labute approximate surface area is 135 Å². The van der Waals surface area contributed by atoms with E-state index < -0.39 is 0 Å². The van der Waals surface area contributed by atoms with E-state index in [4.69, 9.17) is 0 Å². The van der Waals surface area contributed by atoms with Crippen molar-refractivity contribution in [3.8, 4) is 0 Å². The van der Waals surface area contributed by atoms with Crippen molar-refractivity contribution in [2.75, 3.05) is 0 Å². The van der Waals surface area contributed by atoms with Gasteiger partial charge in [0.2, 0.25) is 0 Å². The number of hydrogen-bond acceptors (Lipinski definition) is 2. The Morgan fingerprint density at radius 1 is 1.33 bits per heavy atom. The van der Waals surface area contributed by atoms with E-state index in [1.807, 2.05) is 18.7 Å². The van der Waals surface area contributed by atoms with Gasteiger partial charge < -0.3 is 9.88 Å². The van der Waals surface area contributed by atoms with Gasteiger partial charge in [0.15, 0.2) is 0 Å². The molecule has 0 saturated heterocycles. The number of benzene rings is 1. The van der Waals surface area contributed by atoms with Crippen molar-refractivity contribution in [2.45, 2.75) is 46.8 Å². The highest BCUT2D eigenvalue weighted by Gasteiger charge is 2.24. The molecule has 1 N–H and O–H groups in total. The van der Waals surface area contributed by atoms with Gasteiger partial charge in [-0.3, -0.25) is 0 Å². The zero-order valence-corrected chi connectivity index (χ0v) is 14.8. The van der Waals surface area contributed by atoms with Crippen LogP contribution in [-0.2, 0) is 13.1 Å². The summed E-state index contributed by atoms with van der Waals surface area (Å²) in [6.45, 7) is 10.8. The summed E-state index contributed by atoms with van der Waals surface area (Å²) in [7, 11) is 0. The Bertz CT molecular complexity index is 570. The lowest BCUT2D eigenvalue weighted by molar-refractivity contribution is 0.240. The van der Waals surface area contributed by atoms with Crippen LogP contribution in [0.15, 0.2) is 41.4 Å². The van der Waals surface area contributed by atoms with Crippen molar-refractivity contribution in [3.05, 3.63) is 52.5 Å². The molecule has 0 saturated carbocycles. The van der Waals surface area contributed by atoms with E-state index >= 15 is 0 Å². The van der Waals surface area contributed by atoms with E-state index in [9.17, 15) is 0 Å². The van der Waals surface area contributed by atoms with Gasteiger partial charge in [0.05, 0.1) is 6.33 Å². The third kappa shape index (κ3) is 4.68. The molecule has 1 atom stereocenters. The van der Waals surface area contributed by atoms with Crippen molar-refractivity contribution >= 4 is 15.9 Å². The van der Waals surface area contributed by atoms with Crippen LogP contribution in [0.25, 0.3) is 0 Å². The van der Waals surface area contributed by atoms with Gasteiger partial charge in [0, 0.05) is 36.0 Å². The van der Waals surface area contributed by atoms with E-state index in [0.717, 1.165) is 17.6 Å². The number of hydrogen-bond donors (Lipinski definition) is 1. The molecule has 0 bridgehead atoms. The first-order valence-corrected chi connectivity index (χ1v) is 8.10. The van der Waals surface area contributed by atoms with Crippen molar-refractivity contribution in [1.82, 2.24) is 14.9 Å². The molecule has 4 heteroatoms. The number of aryl methyl sites for hydroxylation is 1. The van der Waals surface area contributed by atoms with Gasteiger partial charge in [-0.1, -0.05) is 48.8 Å². The lowest BCUT2D eigenvalue weighted by Crippen LogP contribution is -2.43. The minimum absolute atomic E-state index is 0.189. The Balaban J connectivity index is 2.03. The third-order valence-corrected chi connectivity index (χ3v) is 4.66. The standard InChI is InChI=1S/C17H24BrN3/c1-13-9-14(5-6-15(13)18)10-20-16(17(2,3)4)11-21-8-7-19-12-21/h5-9,12,16,20H,10-11H2,1-4H3. The predicted octanol–water partition coefficient (Wildman–Crippen LogP) is 4.16. The van der Waals surface area contributed by atoms with Crippen molar-refractivity contribution in [2.24, 2.45) is 5.41 Å². The Hall–Kier alpha value is -1.13. The van der Waals surface area contributed by atoms with Gasteiger partial charge in [-0.25, -0.2) is 4.98 Å². The van der Waals surface area contributed by atoms with Crippen molar-refractivity contribution < 1.29 is 0 Å². The van der Waals surface area contributed by atoms with Crippen LogP contribution in [0.2, 0.25) is 0 Å². The Kier molecular flexibility index (Phi) is 5.22. The molecule has 21 heavy (non-hydrogen) atoms. The molecule has 1 heterocycles. The second-order valence-electron chi connectivity index (χ2n) is 6.64. The first-order valence-electron chi connectivity index (χ1n) is 7.30. The largest absolute Gasteiger partial charge is 0.336 e. The molecule has 1 aromatic carbocycles. The Morgan fingerprint density at radius 3 is 2.67 bits per heavy atom. The summed E-state index contributed by atoms with van der Waals surface area (Å²) in [5, 5.41) is 3.70. The zero-order valence-electron chi connectivity index (χ0n) is 13.2. The number of halogens is 1. The highest BCUT2D eigenvalue weighted by atomic mass is 79.9. The van der Waals surface area contributed by atoms with Gasteiger partial charge in [-0.05, 0) is 29.5 Å². The van der Waals surface area contributed by atoms with Gasteiger partial charge >= 0.3 is 0 Å². The number of aromatic nitrogens is 2. The molecule has 2 rings (SSSR count). The molecule has 0 fully saturated rings. The quantitative estimate of drug-likeness (QED) is 0.878. The second kappa shape index (κ2) is 6.75. The van der Waals surface area contributed by atoms with Crippen LogP contribution < -0.4 is 5.32 Å².